The molecule has 0 radical (unpaired) electrons. The fourth-order valence-electron chi connectivity index (χ4n) is 2.59. The Morgan fingerprint density at radius 2 is 1.65 bits per heavy atom. The first-order valence-corrected chi connectivity index (χ1v) is 9.18. The first-order chi connectivity index (χ1) is 10.9. The summed E-state index contributed by atoms with van der Waals surface area (Å²) >= 11 is 0. The van der Waals surface area contributed by atoms with E-state index in [9.17, 15) is 8.42 Å². The third-order valence-corrected chi connectivity index (χ3v) is 5.09. The van der Waals surface area contributed by atoms with Gasteiger partial charge >= 0.3 is 0 Å². The van der Waals surface area contributed by atoms with Gasteiger partial charge in [-0.3, -0.25) is 0 Å². The van der Waals surface area contributed by atoms with Gasteiger partial charge in [-0.25, -0.2) is 13.1 Å². The molecule has 2 N–H and O–H groups in total. The number of hydrogen-bond donors (Lipinski definition) is 2. The van der Waals surface area contributed by atoms with Crippen LogP contribution < -0.4 is 4.72 Å². The van der Waals surface area contributed by atoms with Crippen LogP contribution in [-0.4, -0.2) is 13.4 Å². The monoisotopic (exact) mass is 328 g/mol. The number of rotatable bonds is 5. The Hall–Kier alpha value is -2.11. The third kappa shape index (κ3) is 4.00. The number of sulfonamides is 1. The average Bonchev–Trinajstić information content (AvgIpc) is 2.87. The van der Waals surface area contributed by atoms with Gasteiger partial charge < -0.3 is 4.98 Å². The van der Waals surface area contributed by atoms with E-state index in [2.05, 4.69) is 15.8 Å². The molecule has 4 nitrogen and oxygen atoms in total. The molecule has 0 bridgehead atoms. The average molecular weight is 328 g/mol. The lowest BCUT2D eigenvalue weighted by molar-refractivity contribution is 0.580. The van der Waals surface area contributed by atoms with E-state index in [0.29, 0.717) is 6.54 Å². The van der Waals surface area contributed by atoms with Crippen molar-refractivity contribution in [1.82, 2.24) is 9.71 Å². The molecule has 0 saturated carbocycles. The molecule has 0 aliphatic rings. The van der Waals surface area contributed by atoms with Crippen LogP contribution >= 0.6 is 0 Å². The summed E-state index contributed by atoms with van der Waals surface area (Å²) in [5, 5.41) is 1.10. The Bertz CT molecular complexity index is 925. The van der Waals surface area contributed by atoms with Crippen LogP contribution in [0.4, 0.5) is 0 Å². The summed E-state index contributed by atoms with van der Waals surface area (Å²) in [5.41, 5.74) is 5.02. The summed E-state index contributed by atoms with van der Waals surface area (Å²) in [6, 6.07) is 15.5. The molecule has 0 spiro atoms. The van der Waals surface area contributed by atoms with Crippen molar-refractivity contribution in [2.24, 2.45) is 0 Å². The fourth-order valence-corrected chi connectivity index (χ4v) is 3.71. The molecule has 0 saturated heterocycles. The highest BCUT2D eigenvalue weighted by Crippen LogP contribution is 2.17. The van der Waals surface area contributed by atoms with Crippen molar-refractivity contribution in [2.45, 2.75) is 26.1 Å². The van der Waals surface area contributed by atoms with Crippen molar-refractivity contribution in [3.05, 3.63) is 70.9 Å². The smallest absolute Gasteiger partial charge is 0.216 e. The maximum Gasteiger partial charge on any atom is 0.216 e. The number of benzene rings is 2. The van der Waals surface area contributed by atoms with Gasteiger partial charge in [0.1, 0.15) is 0 Å². The summed E-state index contributed by atoms with van der Waals surface area (Å²) in [5.74, 6) is -0.00120. The minimum Gasteiger partial charge on any atom is -0.359 e. The Balaban J connectivity index is 1.68. The molecule has 1 heterocycles. The van der Waals surface area contributed by atoms with Crippen molar-refractivity contribution < 1.29 is 8.42 Å². The minimum absolute atomic E-state index is 0.00120. The van der Waals surface area contributed by atoms with Gasteiger partial charge in [-0.05, 0) is 48.6 Å². The van der Waals surface area contributed by atoms with Crippen LogP contribution in [0.3, 0.4) is 0 Å². The molecule has 0 aliphatic heterocycles. The van der Waals surface area contributed by atoms with Gasteiger partial charge in [0.15, 0.2) is 0 Å². The summed E-state index contributed by atoms with van der Waals surface area (Å²) in [6.07, 6.45) is 0. The predicted octanol–water partition coefficient (Wildman–Crippen LogP) is 3.40. The summed E-state index contributed by atoms with van der Waals surface area (Å²) in [6.45, 7) is 4.29. The van der Waals surface area contributed by atoms with Gasteiger partial charge in [0.2, 0.25) is 10.0 Å². The quantitative estimate of drug-likeness (QED) is 0.754. The van der Waals surface area contributed by atoms with Crippen molar-refractivity contribution in [1.29, 1.82) is 0 Å². The Morgan fingerprint density at radius 1 is 0.957 bits per heavy atom. The minimum atomic E-state index is -3.35. The van der Waals surface area contributed by atoms with Crippen LogP contribution in [0, 0.1) is 13.8 Å². The number of aryl methyl sites for hydroxylation is 2. The second kappa shape index (κ2) is 6.18. The molecule has 0 unspecified atom stereocenters. The molecular weight excluding hydrogens is 308 g/mol. The van der Waals surface area contributed by atoms with Crippen molar-refractivity contribution in [3.63, 3.8) is 0 Å². The van der Waals surface area contributed by atoms with Crippen LogP contribution in [0.1, 0.15) is 22.4 Å². The number of H-pyrrole nitrogens is 1. The van der Waals surface area contributed by atoms with Crippen molar-refractivity contribution >= 4 is 20.9 Å². The lowest BCUT2D eigenvalue weighted by Gasteiger charge is -2.07. The van der Waals surface area contributed by atoms with Gasteiger partial charge in [-0.15, -0.1) is 0 Å². The van der Waals surface area contributed by atoms with E-state index in [1.807, 2.05) is 56.3 Å². The molecular formula is C18H20N2O2S. The second-order valence-electron chi connectivity index (χ2n) is 5.94. The SMILES string of the molecule is Cc1ccc(CS(=O)(=O)NCc2ccc3[nH]c(C)cc3c2)cc1. The normalized spacial score (nSPS) is 11.9. The molecule has 0 amide bonds. The highest BCUT2D eigenvalue weighted by atomic mass is 32.2. The topological polar surface area (TPSA) is 62.0 Å². The second-order valence-corrected chi connectivity index (χ2v) is 7.75. The standard InChI is InChI=1S/C18H20N2O2S/c1-13-3-5-15(6-4-13)12-23(21,22)19-11-16-7-8-18-17(10-16)9-14(2)20-18/h3-10,19-20H,11-12H2,1-2H3. The van der Waals surface area contributed by atoms with Crippen LogP contribution in [-0.2, 0) is 22.3 Å². The van der Waals surface area contributed by atoms with Gasteiger partial charge in [-0.1, -0.05) is 35.9 Å². The van der Waals surface area contributed by atoms with E-state index in [-0.39, 0.29) is 5.75 Å². The van der Waals surface area contributed by atoms with Gasteiger partial charge in [0, 0.05) is 17.8 Å². The predicted molar refractivity (Wildman–Crippen MR) is 93.7 cm³/mol. The number of fused-ring (bicyclic) bond motifs is 1. The first kappa shape index (κ1) is 15.8. The number of hydrogen-bond acceptors (Lipinski definition) is 2. The Kier molecular flexibility index (Phi) is 4.24. The van der Waals surface area contributed by atoms with Gasteiger partial charge in [0.25, 0.3) is 0 Å². The van der Waals surface area contributed by atoms with Crippen LogP contribution in [0.2, 0.25) is 0 Å². The van der Waals surface area contributed by atoms with Crippen molar-refractivity contribution in [3.8, 4) is 0 Å². The summed E-state index contributed by atoms with van der Waals surface area (Å²) in [4.78, 5) is 3.26. The molecule has 3 rings (SSSR count). The van der Waals surface area contributed by atoms with E-state index in [0.717, 1.165) is 33.3 Å². The zero-order valence-corrected chi connectivity index (χ0v) is 14.1. The van der Waals surface area contributed by atoms with Gasteiger partial charge in [-0.2, -0.15) is 0 Å². The zero-order chi connectivity index (χ0) is 16.4. The van der Waals surface area contributed by atoms with E-state index >= 15 is 0 Å². The van der Waals surface area contributed by atoms with Gasteiger partial charge in [0.05, 0.1) is 5.75 Å². The fraction of sp³-hybridized carbons (Fsp3) is 0.222. The Morgan fingerprint density at radius 3 is 2.39 bits per heavy atom. The maximum absolute atomic E-state index is 12.2. The van der Waals surface area contributed by atoms with E-state index in [1.165, 1.54) is 0 Å². The molecule has 0 aliphatic carbocycles. The molecule has 2 aromatic carbocycles. The molecule has 0 fully saturated rings. The van der Waals surface area contributed by atoms with E-state index in [4.69, 9.17) is 0 Å². The van der Waals surface area contributed by atoms with Crippen molar-refractivity contribution in [2.75, 3.05) is 0 Å². The van der Waals surface area contributed by atoms with E-state index < -0.39 is 10.0 Å². The van der Waals surface area contributed by atoms with E-state index in [1.54, 1.807) is 0 Å². The highest BCUT2D eigenvalue weighted by molar-refractivity contribution is 7.88. The maximum atomic E-state index is 12.2. The van der Waals surface area contributed by atoms with Crippen LogP contribution in [0.25, 0.3) is 10.9 Å². The zero-order valence-electron chi connectivity index (χ0n) is 13.3. The largest absolute Gasteiger partial charge is 0.359 e. The molecule has 120 valence electrons. The number of nitrogens with one attached hydrogen (secondary N) is 2. The molecule has 1 aromatic heterocycles. The third-order valence-electron chi connectivity index (χ3n) is 3.79. The molecule has 23 heavy (non-hydrogen) atoms. The number of aromatic nitrogens is 1. The highest BCUT2D eigenvalue weighted by Gasteiger charge is 2.11. The van der Waals surface area contributed by atoms with Crippen LogP contribution in [0.5, 0.6) is 0 Å². The lowest BCUT2D eigenvalue weighted by atomic mass is 10.1. The molecule has 5 heteroatoms. The molecule has 3 aromatic rings. The van der Waals surface area contributed by atoms with Crippen LogP contribution in [0.15, 0.2) is 48.5 Å². The lowest BCUT2D eigenvalue weighted by Crippen LogP contribution is -2.24. The summed E-state index contributed by atoms with van der Waals surface area (Å²) < 4.78 is 27.1. The summed E-state index contributed by atoms with van der Waals surface area (Å²) in [7, 11) is -3.35. The first-order valence-electron chi connectivity index (χ1n) is 7.52. The Labute approximate surface area is 136 Å². The molecule has 0 atom stereocenters. The number of aromatic amines is 1.